The molecule has 1 amide bonds. The number of aryl methyl sites for hydroxylation is 1. The van der Waals surface area contributed by atoms with Crippen LogP contribution in [0.15, 0.2) is 23.6 Å². The monoisotopic (exact) mass is 380 g/mol. The number of ether oxygens (including phenoxy) is 1. The second-order valence-electron chi connectivity index (χ2n) is 6.01. The van der Waals surface area contributed by atoms with Gasteiger partial charge in [-0.2, -0.15) is 0 Å². The van der Waals surface area contributed by atoms with Crippen molar-refractivity contribution in [3.63, 3.8) is 0 Å². The van der Waals surface area contributed by atoms with Crippen molar-refractivity contribution in [1.29, 1.82) is 0 Å². The highest BCUT2D eigenvalue weighted by Crippen LogP contribution is 2.28. The smallest absolute Gasteiger partial charge is 0.348 e. The third-order valence-electron chi connectivity index (χ3n) is 3.64. The van der Waals surface area contributed by atoms with Crippen LogP contribution in [-0.4, -0.2) is 25.0 Å². The number of carbonyl (C=O) groups excluding carboxylic acids is 2. The average Bonchev–Trinajstić information content (AvgIpc) is 3.17. The molecule has 0 unspecified atom stereocenters. The molecule has 0 spiro atoms. The minimum atomic E-state index is -0.346. The Hall–Kier alpha value is -1.70. The van der Waals surface area contributed by atoms with Crippen LogP contribution in [0.25, 0.3) is 0 Å². The van der Waals surface area contributed by atoms with E-state index in [1.807, 2.05) is 18.4 Å². The summed E-state index contributed by atoms with van der Waals surface area (Å²) in [7, 11) is 0. The Bertz CT molecular complexity index is 708. The first-order chi connectivity index (χ1) is 11.9. The normalized spacial score (nSPS) is 12.2. The zero-order valence-electron chi connectivity index (χ0n) is 14.9. The second kappa shape index (κ2) is 9.12. The third-order valence-corrected chi connectivity index (χ3v) is 5.73. The number of esters is 1. The van der Waals surface area contributed by atoms with Crippen LogP contribution in [0, 0.1) is 12.8 Å². The Kier molecular flexibility index (Phi) is 7.16. The molecule has 1 atom stereocenters. The lowest BCUT2D eigenvalue weighted by Crippen LogP contribution is -2.33. The molecule has 0 aliphatic heterocycles. The Labute approximate surface area is 156 Å². The number of hydrogen-bond acceptors (Lipinski definition) is 6. The molecule has 0 radical (unpaired) electrons. The molecule has 0 aromatic carbocycles. The standard InChI is InChI=1S/C18H24N2O3S2/c1-5-23-18(22)17-12(4)9-15(25-17)20-14(21)10-19-16(11(2)3)13-7-6-8-24-13/h6-9,11,16,19H,5,10H2,1-4H3,(H,20,21)/t16-/m1/s1. The van der Waals surface area contributed by atoms with Crippen molar-refractivity contribution < 1.29 is 14.3 Å². The number of anilines is 1. The van der Waals surface area contributed by atoms with Crippen LogP contribution in [0.2, 0.25) is 0 Å². The van der Waals surface area contributed by atoms with Gasteiger partial charge in [-0.3, -0.25) is 4.79 Å². The van der Waals surface area contributed by atoms with Crippen molar-refractivity contribution >= 4 is 39.6 Å². The Morgan fingerprint density at radius 2 is 2.08 bits per heavy atom. The largest absolute Gasteiger partial charge is 0.462 e. The molecule has 0 saturated heterocycles. The van der Waals surface area contributed by atoms with E-state index in [1.165, 1.54) is 16.2 Å². The number of hydrogen-bond donors (Lipinski definition) is 2. The maximum absolute atomic E-state index is 12.2. The maximum atomic E-state index is 12.2. The lowest BCUT2D eigenvalue weighted by atomic mass is 10.0. The van der Waals surface area contributed by atoms with E-state index in [4.69, 9.17) is 4.74 Å². The number of thiophene rings is 2. The van der Waals surface area contributed by atoms with Crippen LogP contribution in [0.1, 0.15) is 46.9 Å². The summed E-state index contributed by atoms with van der Waals surface area (Å²) in [6.07, 6.45) is 0. The molecule has 2 aromatic heterocycles. The predicted molar refractivity (Wildman–Crippen MR) is 104 cm³/mol. The molecule has 2 aromatic rings. The van der Waals surface area contributed by atoms with Crippen molar-refractivity contribution in [1.82, 2.24) is 5.32 Å². The molecule has 0 aliphatic rings. The van der Waals surface area contributed by atoms with E-state index < -0.39 is 0 Å². The molecule has 7 heteroatoms. The fourth-order valence-electron chi connectivity index (χ4n) is 2.46. The van der Waals surface area contributed by atoms with Gasteiger partial charge in [0.15, 0.2) is 0 Å². The lowest BCUT2D eigenvalue weighted by Gasteiger charge is -2.20. The van der Waals surface area contributed by atoms with Gasteiger partial charge in [0.1, 0.15) is 4.88 Å². The molecule has 0 aliphatic carbocycles. The molecule has 0 saturated carbocycles. The van der Waals surface area contributed by atoms with Crippen LogP contribution >= 0.6 is 22.7 Å². The van der Waals surface area contributed by atoms with E-state index in [2.05, 4.69) is 30.5 Å². The van der Waals surface area contributed by atoms with Gasteiger partial charge < -0.3 is 15.4 Å². The van der Waals surface area contributed by atoms with Gasteiger partial charge >= 0.3 is 5.97 Å². The SMILES string of the molecule is CCOC(=O)c1sc(NC(=O)CN[C@@H](c2cccs2)C(C)C)cc1C. The number of amides is 1. The minimum absolute atomic E-state index is 0.126. The average molecular weight is 381 g/mol. The minimum Gasteiger partial charge on any atom is -0.462 e. The molecule has 2 rings (SSSR count). The van der Waals surface area contributed by atoms with Crippen molar-refractivity contribution in [2.75, 3.05) is 18.5 Å². The highest BCUT2D eigenvalue weighted by Gasteiger charge is 2.19. The van der Waals surface area contributed by atoms with Gasteiger partial charge in [-0.15, -0.1) is 22.7 Å². The van der Waals surface area contributed by atoms with Crippen LogP contribution in [0.3, 0.4) is 0 Å². The van der Waals surface area contributed by atoms with Gasteiger partial charge in [0.2, 0.25) is 5.91 Å². The number of rotatable bonds is 8. The molecule has 0 bridgehead atoms. The summed E-state index contributed by atoms with van der Waals surface area (Å²) in [6, 6.07) is 6.04. The molecule has 2 heterocycles. The summed E-state index contributed by atoms with van der Waals surface area (Å²) in [5, 5.41) is 8.87. The van der Waals surface area contributed by atoms with E-state index in [9.17, 15) is 9.59 Å². The molecule has 2 N–H and O–H groups in total. The van der Waals surface area contributed by atoms with Crippen LogP contribution in [0.5, 0.6) is 0 Å². The molecular formula is C18H24N2O3S2. The van der Waals surface area contributed by atoms with Crippen LogP contribution in [0.4, 0.5) is 5.00 Å². The topological polar surface area (TPSA) is 67.4 Å². The first-order valence-electron chi connectivity index (χ1n) is 8.26. The summed E-state index contributed by atoms with van der Waals surface area (Å²) in [6.45, 7) is 8.41. The van der Waals surface area contributed by atoms with Gasteiger partial charge in [0, 0.05) is 10.9 Å². The fourth-order valence-corrected chi connectivity index (χ4v) is 4.42. The summed E-state index contributed by atoms with van der Waals surface area (Å²) in [5.74, 6) is -0.0918. The van der Waals surface area contributed by atoms with Gasteiger partial charge in [-0.1, -0.05) is 19.9 Å². The Morgan fingerprint density at radius 1 is 1.32 bits per heavy atom. The molecule has 136 valence electrons. The number of nitrogens with one attached hydrogen (secondary N) is 2. The van der Waals surface area contributed by atoms with E-state index in [1.54, 1.807) is 24.3 Å². The van der Waals surface area contributed by atoms with Crippen LogP contribution < -0.4 is 10.6 Å². The van der Waals surface area contributed by atoms with E-state index in [0.29, 0.717) is 22.4 Å². The zero-order valence-corrected chi connectivity index (χ0v) is 16.6. The molecular weight excluding hydrogens is 356 g/mol. The summed E-state index contributed by atoms with van der Waals surface area (Å²) >= 11 is 2.93. The van der Waals surface area contributed by atoms with Gasteiger partial charge in [-0.25, -0.2) is 4.79 Å². The Balaban J connectivity index is 1.94. The van der Waals surface area contributed by atoms with Crippen molar-refractivity contribution in [2.24, 2.45) is 5.92 Å². The summed E-state index contributed by atoms with van der Waals surface area (Å²) < 4.78 is 5.02. The quantitative estimate of drug-likeness (QED) is 0.673. The van der Waals surface area contributed by atoms with Gasteiger partial charge in [-0.05, 0) is 42.8 Å². The van der Waals surface area contributed by atoms with Crippen LogP contribution in [-0.2, 0) is 9.53 Å². The van der Waals surface area contributed by atoms with E-state index in [0.717, 1.165) is 5.56 Å². The predicted octanol–water partition coefficient (Wildman–Crippen LogP) is 4.22. The number of carbonyl (C=O) groups is 2. The van der Waals surface area contributed by atoms with Gasteiger partial charge in [0.05, 0.1) is 18.2 Å². The summed E-state index contributed by atoms with van der Waals surface area (Å²) in [4.78, 5) is 25.8. The third kappa shape index (κ3) is 5.39. The second-order valence-corrected chi connectivity index (χ2v) is 8.04. The summed E-state index contributed by atoms with van der Waals surface area (Å²) in [5.41, 5.74) is 0.811. The first kappa shape index (κ1) is 19.6. The van der Waals surface area contributed by atoms with Crippen molar-refractivity contribution in [3.8, 4) is 0 Å². The van der Waals surface area contributed by atoms with Crippen molar-refractivity contribution in [3.05, 3.63) is 38.9 Å². The molecule has 25 heavy (non-hydrogen) atoms. The fraction of sp³-hybridized carbons (Fsp3) is 0.444. The molecule has 0 fully saturated rings. The van der Waals surface area contributed by atoms with Crippen molar-refractivity contribution in [2.45, 2.75) is 33.7 Å². The van der Waals surface area contributed by atoms with E-state index in [-0.39, 0.29) is 24.5 Å². The maximum Gasteiger partial charge on any atom is 0.348 e. The highest BCUT2D eigenvalue weighted by molar-refractivity contribution is 7.18. The van der Waals surface area contributed by atoms with Gasteiger partial charge in [0.25, 0.3) is 0 Å². The first-order valence-corrected chi connectivity index (χ1v) is 9.96. The molecule has 5 nitrogen and oxygen atoms in total. The highest BCUT2D eigenvalue weighted by atomic mass is 32.1. The lowest BCUT2D eigenvalue weighted by molar-refractivity contribution is -0.115. The Morgan fingerprint density at radius 3 is 2.68 bits per heavy atom. The van der Waals surface area contributed by atoms with E-state index >= 15 is 0 Å². The zero-order chi connectivity index (χ0) is 18.4.